The number of carbonyl (C=O) groups is 1. The van der Waals surface area contributed by atoms with Crippen LogP contribution in [0.2, 0.25) is 0 Å². The molecular weight excluding hydrogens is 502 g/mol. The fourth-order valence-corrected chi connectivity index (χ4v) is 5.86. The fraction of sp³-hybridized carbons (Fsp3) is 0.417. The third-order valence-electron chi connectivity index (χ3n) is 6.50. The smallest absolute Gasteiger partial charge is 0.404 e. The number of alkyl halides is 3. The molecule has 1 N–H and O–H groups in total. The molecule has 0 bridgehead atoms. The molecule has 2 heterocycles. The fourth-order valence-electron chi connectivity index (χ4n) is 4.68. The number of sulfonamides is 1. The zero-order valence-electron chi connectivity index (χ0n) is 19.8. The van der Waals surface area contributed by atoms with Crippen molar-refractivity contribution < 1.29 is 35.5 Å². The molecule has 0 spiro atoms. The van der Waals surface area contributed by atoms with E-state index in [4.69, 9.17) is 4.74 Å². The SMILES string of the molecule is COC(=O)c1c(-c2ccc(S(=O)(=O)N[C@@H](C)C(F)(F)F)cn2)n(C2CCC(C)C2)c2ccc(F)cc12. The molecule has 0 saturated heterocycles. The summed E-state index contributed by atoms with van der Waals surface area (Å²) < 4.78 is 86.2. The van der Waals surface area contributed by atoms with Gasteiger partial charge in [0.1, 0.15) is 16.8 Å². The number of carbonyl (C=O) groups excluding carboxylic acids is 1. The van der Waals surface area contributed by atoms with Gasteiger partial charge in [-0.25, -0.2) is 17.6 Å². The van der Waals surface area contributed by atoms with Crippen LogP contribution in [-0.2, 0) is 14.8 Å². The summed E-state index contributed by atoms with van der Waals surface area (Å²) in [6.45, 7) is 2.81. The molecule has 2 unspecified atom stereocenters. The monoisotopic (exact) mass is 527 g/mol. The first-order valence-electron chi connectivity index (χ1n) is 11.3. The van der Waals surface area contributed by atoms with Crippen molar-refractivity contribution in [2.45, 2.75) is 56.3 Å². The number of hydrogen-bond acceptors (Lipinski definition) is 5. The van der Waals surface area contributed by atoms with Crippen LogP contribution in [0.1, 0.15) is 49.5 Å². The molecule has 1 aliphatic carbocycles. The average molecular weight is 528 g/mol. The van der Waals surface area contributed by atoms with Crippen LogP contribution in [0.5, 0.6) is 0 Å². The van der Waals surface area contributed by atoms with E-state index in [-0.39, 0.29) is 17.3 Å². The van der Waals surface area contributed by atoms with Crippen molar-refractivity contribution in [2.75, 3.05) is 7.11 Å². The molecule has 1 saturated carbocycles. The number of methoxy groups -OCH3 is 1. The number of hydrogen-bond donors (Lipinski definition) is 1. The van der Waals surface area contributed by atoms with Gasteiger partial charge >= 0.3 is 12.1 Å². The third kappa shape index (κ3) is 4.83. The van der Waals surface area contributed by atoms with Crippen molar-refractivity contribution >= 4 is 26.9 Å². The second-order valence-electron chi connectivity index (χ2n) is 9.08. The van der Waals surface area contributed by atoms with Crippen LogP contribution in [0.15, 0.2) is 41.4 Å². The first kappa shape index (κ1) is 26.1. The highest BCUT2D eigenvalue weighted by atomic mass is 32.2. The van der Waals surface area contributed by atoms with E-state index >= 15 is 0 Å². The molecule has 0 radical (unpaired) electrons. The summed E-state index contributed by atoms with van der Waals surface area (Å²) in [5.74, 6) is -0.843. The minimum absolute atomic E-state index is 0.0270. The standard InChI is InChI=1S/C24H25F4N3O4S/c1-13-4-6-16(10-13)31-20-9-5-15(25)11-18(20)21(23(32)35-3)22(31)19-8-7-17(12-29-19)36(33,34)30-14(2)24(26,27)28/h5,7-9,11-14,16,30H,4,6,10H2,1-3H3/t13?,14-,16?/m0/s1. The molecule has 7 nitrogen and oxygen atoms in total. The Morgan fingerprint density at radius 1 is 1.22 bits per heavy atom. The quantitative estimate of drug-likeness (QED) is 0.351. The highest BCUT2D eigenvalue weighted by Gasteiger charge is 2.39. The highest BCUT2D eigenvalue weighted by Crippen LogP contribution is 2.43. The van der Waals surface area contributed by atoms with Gasteiger partial charge in [-0.3, -0.25) is 4.98 Å². The number of ether oxygens (including phenoxy) is 1. The zero-order chi connectivity index (χ0) is 26.4. The number of halogens is 4. The van der Waals surface area contributed by atoms with Gasteiger partial charge in [-0.1, -0.05) is 6.92 Å². The molecule has 1 aliphatic rings. The van der Waals surface area contributed by atoms with Gasteiger partial charge in [-0.15, -0.1) is 0 Å². The first-order valence-corrected chi connectivity index (χ1v) is 12.8. The molecule has 4 rings (SSSR count). The number of nitrogens with zero attached hydrogens (tertiary/aromatic N) is 2. The molecule has 1 fully saturated rings. The Labute approximate surface area is 205 Å². The van der Waals surface area contributed by atoms with Crippen LogP contribution in [-0.4, -0.2) is 43.3 Å². The van der Waals surface area contributed by atoms with E-state index in [1.807, 2.05) is 4.57 Å². The first-order chi connectivity index (χ1) is 16.8. The number of rotatable bonds is 6. The topological polar surface area (TPSA) is 90.3 Å². The summed E-state index contributed by atoms with van der Waals surface area (Å²) in [6, 6.07) is 4.22. The lowest BCUT2D eigenvalue weighted by molar-refractivity contribution is -0.147. The predicted octanol–water partition coefficient (Wildman–Crippen LogP) is 5.22. The van der Waals surface area contributed by atoms with Crippen molar-refractivity contribution in [1.82, 2.24) is 14.3 Å². The molecule has 12 heteroatoms. The highest BCUT2D eigenvalue weighted by molar-refractivity contribution is 7.89. The number of pyridine rings is 1. The number of aromatic nitrogens is 2. The molecule has 3 aromatic rings. The van der Waals surface area contributed by atoms with Crippen LogP contribution in [0.25, 0.3) is 22.3 Å². The van der Waals surface area contributed by atoms with E-state index in [0.29, 0.717) is 29.4 Å². The number of nitrogens with one attached hydrogen (secondary N) is 1. The van der Waals surface area contributed by atoms with Crippen molar-refractivity contribution in [3.8, 4) is 11.4 Å². The molecule has 194 valence electrons. The Balaban J connectivity index is 1.87. The normalized spacial score (nSPS) is 19.5. The van der Waals surface area contributed by atoms with Gasteiger partial charge in [0.05, 0.1) is 24.1 Å². The van der Waals surface area contributed by atoms with Crippen molar-refractivity contribution in [2.24, 2.45) is 5.92 Å². The van der Waals surface area contributed by atoms with Gasteiger partial charge < -0.3 is 9.30 Å². The van der Waals surface area contributed by atoms with Gasteiger partial charge in [0.25, 0.3) is 0 Å². The van der Waals surface area contributed by atoms with E-state index in [2.05, 4.69) is 11.9 Å². The summed E-state index contributed by atoms with van der Waals surface area (Å²) in [6.07, 6.45) is -1.26. The molecule has 1 aromatic carbocycles. The maximum atomic E-state index is 14.2. The molecular formula is C24H25F4N3O4S. The van der Waals surface area contributed by atoms with Gasteiger partial charge in [0, 0.05) is 23.1 Å². The molecule has 0 amide bonds. The Bertz CT molecular complexity index is 1400. The molecule has 36 heavy (non-hydrogen) atoms. The lowest BCUT2D eigenvalue weighted by atomic mass is 10.1. The third-order valence-corrected chi connectivity index (χ3v) is 8.03. The molecule has 0 aliphatic heterocycles. The Hall–Kier alpha value is -2.99. The second-order valence-corrected chi connectivity index (χ2v) is 10.8. The molecule has 2 aromatic heterocycles. The Kier molecular flexibility index (Phi) is 6.86. The maximum absolute atomic E-state index is 14.2. The van der Waals surface area contributed by atoms with Crippen LogP contribution in [0.4, 0.5) is 17.6 Å². The van der Waals surface area contributed by atoms with Crippen LogP contribution in [0, 0.1) is 11.7 Å². The average Bonchev–Trinajstić information content (AvgIpc) is 3.38. The maximum Gasteiger partial charge on any atom is 0.404 e. The molecule has 3 atom stereocenters. The summed E-state index contributed by atoms with van der Waals surface area (Å²) in [4.78, 5) is 16.6. The predicted molar refractivity (Wildman–Crippen MR) is 124 cm³/mol. The minimum Gasteiger partial charge on any atom is -0.465 e. The van der Waals surface area contributed by atoms with Crippen molar-refractivity contribution in [3.05, 3.63) is 47.9 Å². The van der Waals surface area contributed by atoms with Gasteiger partial charge in [-0.2, -0.15) is 17.9 Å². The van der Waals surface area contributed by atoms with E-state index < -0.39 is 38.9 Å². The number of esters is 1. The van der Waals surface area contributed by atoms with Crippen LogP contribution < -0.4 is 4.72 Å². The zero-order valence-corrected chi connectivity index (χ0v) is 20.6. The minimum atomic E-state index is -4.76. The van der Waals surface area contributed by atoms with E-state index in [1.54, 1.807) is 10.8 Å². The lowest BCUT2D eigenvalue weighted by Crippen LogP contribution is -2.42. The Morgan fingerprint density at radius 2 is 1.94 bits per heavy atom. The summed E-state index contributed by atoms with van der Waals surface area (Å²) in [5, 5.41) is 0.329. The summed E-state index contributed by atoms with van der Waals surface area (Å²) in [7, 11) is -3.32. The van der Waals surface area contributed by atoms with E-state index in [1.165, 1.54) is 25.3 Å². The van der Waals surface area contributed by atoms with Gasteiger partial charge in [0.2, 0.25) is 10.0 Å². The number of benzene rings is 1. The van der Waals surface area contributed by atoms with Gasteiger partial charge in [-0.05, 0) is 62.4 Å². The van der Waals surface area contributed by atoms with Crippen molar-refractivity contribution in [3.63, 3.8) is 0 Å². The number of fused-ring (bicyclic) bond motifs is 1. The van der Waals surface area contributed by atoms with Crippen LogP contribution in [0.3, 0.4) is 0 Å². The van der Waals surface area contributed by atoms with E-state index in [0.717, 1.165) is 31.5 Å². The largest absolute Gasteiger partial charge is 0.465 e. The van der Waals surface area contributed by atoms with Gasteiger partial charge in [0.15, 0.2) is 0 Å². The summed E-state index contributed by atoms with van der Waals surface area (Å²) in [5.41, 5.74) is 1.22. The van der Waals surface area contributed by atoms with E-state index in [9.17, 15) is 30.8 Å². The summed E-state index contributed by atoms with van der Waals surface area (Å²) >= 11 is 0. The Morgan fingerprint density at radius 3 is 2.50 bits per heavy atom. The second kappa shape index (κ2) is 9.47. The lowest BCUT2D eigenvalue weighted by Gasteiger charge is -2.19. The van der Waals surface area contributed by atoms with Crippen molar-refractivity contribution in [1.29, 1.82) is 0 Å². The van der Waals surface area contributed by atoms with Crippen LogP contribution >= 0.6 is 0 Å².